The molecule has 182 valence electrons. The van der Waals surface area contributed by atoms with Gasteiger partial charge in [0.25, 0.3) is 5.91 Å². The SMILES string of the molecule is CNC(=O)n1c(C)cc2c(F)c(Oc3ccnc4cc(C(=O)N5CCC[C@H]5COC)sc34)ccc21. The number of carbonyl (C=O) groups excluding carboxylic acids is 2. The first-order chi connectivity index (χ1) is 16.9. The van der Waals surface area contributed by atoms with Crippen LogP contribution in [0.5, 0.6) is 11.5 Å². The monoisotopic (exact) mass is 496 g/mol. The summed E-state index contributed by atoms with van der Waals surface area (Å²) in [5, 5.41) is 2.85. The molecule has 0 spiro atoms. The van der Waals surface area contributed by atoms with Crippen molar-refractivity contribution in [2.45, 2.75) is 25.8 Å². The van der Waals surface area contributed by atoms with Gasteiger partial charge in [0, 0.05) is 44.0 Å². The second-order valence-corrected chi connectivity index (χ2v) is 9.53. The number of nitrogens with zero attached hydrogens (tertiary/aromatic N) is 3. The number of hydrogen-bond acceptors (Lipinski definition) is 6. The Hall–Kier alpha value is -3.50. The molecule has 3 aromatic heterocycles. The van der Waals surface area contributed by atoms with E-state index in [4.69, 9.17) is 9.47 Å². The van der Waals surface area contributed by atoms with Gasteiger partial charge in [0.15, 0.2) is 11.6 Å². The van der Waals surface area contributed by atoms with E-state index in [-0.39, 0.29) is 29.1 Å². The van der Waals surface area contributed by atoms with Gasteiger partial charge in [-0.3, -0.25) is 14.3 Å². The zero-order valence-corrected chi connectivity index (χ0v) is 20.4. The third-order valence-electron chi connectivity index (χ3n) is 6.29. The molecule has 35 heavy (non-hydrogen) atoms. The molecular formula is C25H25FN4O4S. The van der Waals surface area contributed by atoms with Crippen LogP contribution >= 0.6 is 11.3 Å². The van der Waals surface area contributed by atoms with Crippen molar-refractivity contribution in [3.05, 3.63) is 52.9 Å². The number of nitrogens with one attached hydrogen (secondary N) is 1. The Morgan fingerprint density at radius 1 is 1.26 bits per heavy atom. The minimum Gasteiger partial charge on any atom is -0.453 e. The molecule has 1 aromatic carbocycles. The summed E-state index contributed by atoms with van der Waals surface area (Å²) in [6, 6.07) is 7.90. The van der Waals surface area contributed by atoms with Crippen LogP contribution in [0.4, 0.5) is 9.18 Å². The van der Waals surface area contributed by atoms with Crippen LogP contribution in [0, 0.1) is 12.7 Å². The highest BCUT2D eigenvalue weighted by Crippen LogP contribution is 2.38. The lowest BCUT2D eigenvalue weighted by Gasteiger charge is -2.23. The van der Waals surface area contributed by atoms with E-state index in [1.165, 1.54) is 29.0 Å². The molecule has 0 bridgehead atoms. The third kappa shape index (κ3) is 4.02. The number of carbonyl (C=O) groups is 2. The van der Waals surface area contributed by atoms with Crippen LogP contribution in [0.15, 0.2) is 36.5 Å². The van der Waals surface area contributed by atoms with Crippen LogP contribution in [0.3, 0.4) is 0 Å². The number of likely N-dealkylation sites (tertiary alicyclic amines) is 1. The predicted molar refractivity (Wildman–Crippen MR) is 132 cm³/mol. The smallest absolute Gasteiger partial charge is 0.325 e. The molecule has 1 N–H and O–H groups in total. The van der Waals surface area contributed by atoms with Crippen molar-refractivity contribution in [3.8, 4) is 11.5 Å². The molecule has 0 unspecified atom stereocenters. The summed E-state index contributed by atoms with van der Waals surface area (Å²) in [4.78, 5) is 32.2. The number of hydrogen-bond donors (Lipinski definition) is 1. The van der Waals surface area contributed by atoms with Gasteiger partial charge in [-0.1, -0.05) is 0 Å². The third-order valence-corrected chi connectivity index (χ3v) is 7.42. The fourth-order valence-corrected chi connectivity index (χ4v) is 5.67. The highest BCUT2D eigenvalue weighted by molar-refractivity contribution is 7.21. The summed E-state index contributed by atoms with van der Waals surface area (Å²) in [6.45, 7) is 2.94. The lowest BCUT2D eigenvalue weighted by Crippen LogP contribution is -2.37. The van der Waals surface area contributed by atoms with Gasteiger partial charge in [-0.15, -0.1) is 11.3 Å². The normalized spacial score (nSPS) is 15.8. The standard InChI is InChI=1S/C25H25FN4O4S/c1-14-11-16-18(30(14)25(32)27-2)6-7-19(22(16)26)34-20-8-9-28-17-12-21(35-23(17)20)24(31)29-10-4-5-15(29)13-33-3/h6-9,11-12,15H,4-5,10,13H2,1-3H3,(H,27,32)/t15-/m0/s1. The highest BCUT2D eigenvalue weighted by atomic mass is 32.1. The van der Waals surface area contributed by atoms with Crippen LogP contribution in [0.25, 0.3) is 21.1 Å². The molecule has 2 amide bonds. The van der Waals surface area contributed by atoms with Gasteiger partial charge >= 0.3 is 6.03 Å². The Morgan fingerprint density at radius 2 is 2.09 bits per heavy atom. The lowest BCUT2D eigenvalue weighted by atomic mass is 10.2. The predicted octanol–water partition coefficient (Wildman–Crippen LogP) is 4.93. The summed E-state index contributed by atoms with van der Waals surface area (Å²) < 4.78 is 28.8. The number of methoxy groups -OCH3 is 1. The fraction of sp³-hybridized carbons (Fsp3) is 0.320. The molecule has 0 saturated carbocycles. The van der Waals surface area contributed by atoms with Crippen LogP contribution in [-0.2, 0) is 4.74 Å². The largest absolute Gasteiger partial charge is 0.453 e. The maximum atomic E-state index is 15.4. The molecule has 1 aliphatic heterocycles. The average Bonchev–Trinajstić information content (AvgIpc) is 3.57. The summed E-state index contributed by atoms with van der Waals surface area (Å²) in [6.07, 6.45) is 3.44. The second kappa shape index (κ2) is 9.27. The minimum absolute atomic E-state index is 0.0278. The van der Waals surface area contributed by atoms with Gasteiger partial charge in [0.2, 0.25) is 0 Å². The van der Waals surface area contributed by atoms with E-state index in [0.717, 1.165) is 12.8 Å². The van der Waals surface area contributed by atoms with Gasteiger partial charge < -0.3 is 19.7 Å². The van der Waals surface area contributed by atoms with Crippen LogP contribution in [0.1, 0.15) is 28.2 Å². The first kappa shape index (κ1) is 23.3. The van der Waals surface area contributed by atoms with E-state index in [0.29, 0.717) is 45.2 Å². The zero-order chi connectivity index (χ0) is 24.7. The number of aryl methyl sites for hydroxylation is 1. The van der Waals surface area contributed by atoms with Gasteiger partial charge in [0.05, 0.1) is 33.3 Å². The van der Waals surface area contributed by atoms with Gasteiger partial charge in [-0.05, 0) is 44.0 Å². The van der Waals surface area contributed by atoms with E-state index in [9.17, 15) is 9.59 Å². The molecule has 4 heterocycles. The summed E-state index contributed by atoms with van der Waals surface area (Å²) >= 11 is 1.28. The van der Waals surface area contributed by atoms with E-state index in [2.05, 4.69) is 10.3 Å². The first-order valence-electron chi connectivity index (χ1n) is 11.3. The fourth-order valence-electron chi connectivity index (χ4n) is 4.65. The summed E-state index contributed by atoms with van der Waals surface area (Å²) in [5.41, 5.74) is 1.67. The van der Waals surface area contributed by atoms with Crippen molar-refractivity contribution < 1.29 is 23.5 Å². The Balaban J connectivity index is 1.48. The molecule has 1 atom stereocenters. The molecule has 4 aromatic rings. The van der Waals surface area contributed by atoms with Crippen LogP contribution < -0.4 is 10.1 Å². The van der Waals surface area contributed by atoms with Gasteiger partial charge in [-0.25, -0.2) is 9.18 Å². The maximum Gasteiger partial charge on any atom is 0.325 e. The van der Waals surface area contributed by atoms with E-state index in [1.54, 1.807) is 44.5 Å². The summed E-state index contributed by atoms with van der Waals surface area (Å²) in [7, 11) is 3.16. The zero-order valence-electron chi connectivity index (χ0n) is 19.6. The molecule has 10 heteroatoms. The van der Waals surface area contributed by atoms with E-state index in [1.807, 2.05) is 4.90 Å². The number of pyridine rings is 1. The molecule has 5 rings (SSSR count). The molecular weight excluding hydrogens is 471 g/mol. The van der Waals surface area contributed by atoms with Crippen molar-refractivity contribution in [1.82, 2.24) is 19.8 Å². The Morgan fingerprint density at radius 3 is 2.86 bits per heavy atom. The van der Waals surface area contributed by atoms with Crippen molar-refractivity contribution in [2.75, 3.05) is 27.3 Å². The average molecular weight is 497 g/mol. The number of rotatable bonds is 5. The minimum atomic E-state index is -0.564. The molecule has 1 fully saturated rings. The Bertz CT molecular complexity index is 1450. The van der Waals surface area contributed by atoms with Crippen molar-refractivity contribution in [1.29, 1.82) is 0 Å². The Labute approximate surface area is 205 Å². The van der Waals surface area contributed by atoms with E-state index < -0.39 is 5.82 Å². The number of amides is 2. The van der Waals surface area contributed by atoms with Crippen LogP contribution in [-0.4, -0.2) is 59.7 Å². The lowest BCUT2D eigenvalue weighted by molar-refractivity contribution is 0.0635. The number of halogens is 1. The quantitative estimate of drug-likeness (QED) is 0.424. The number of thiophene rings is 1. The number of ether oxygens (including phenoxy) is 2. The van der Waals surface area contributed by atoms with Gasteiger partial charge in [0.1, 0.15) is 5.75 Å². The Kier molecular flexibility index (Phi) is 6.16. The van der Waals surface area contributed by atoms with E-state index >= 15 is 4.39 Å². The molecule has 0 radical (unpaired) electrons. The number of benzene rings is 1. The topological polar surface area (TPSA) is 85.7 Å². The van der Waals surface area contributed by atoms with Gasteiger partial charge in [-0.2, -0.15) is 0 Å². The van der Waals surface area contributed by atoms with Crippen molar-refractivity contribution >= 4 is 44.4 Å². The molecule has 0 aliphatic carbocycles. The first-order valence-corrected chi connectivity index (χ1v) is 12.1. The summed E-state index contributed by atoms with van der Waals surface area (Å²) in [5.74, 6) is -0.183. The highest BCUT2D eigenvalue weighted by Gasteiger charge is 2.30. The maximum absolute atomic E-state index is 15.4. The second-order valence-electron chi connectivity index (χ2n) is 8.47. The number of aromatic nitrogens is 2. The van der Waals surface area contributed by atoms with Crippen molar-refractivity contribution in [2.24, 2.45) is 0 Å². The molecule has 8 nitrogen and oxygen atoms in total. The molecule has 1 aliphatic rings. The van der Waals surface area contributed by atoms with Crippen LogP contribution in [0.2, 0.25) is 0 Å². The molecule has 1 saturated heterocycles. The van der Waals surface area contributed by atoms with Crippen molar-refractivity contribution in [3.63, 3.8) is 0 Å². The number of fused-ring (bicyclic) bond motifs is 2.